The van der Waals surface area contributed by atoms with E-state index in [1.54, 1.807) is 13.0 Å². The summed E-state index contributed by atoms with van der Waals surface area (Å²) >= 11 is 0. The summed E-state index contributed by atoms with van der Waals surface area (Å²) < 4.78 is 30.2. The molecule has 0 aliphatic carbocycles. The highest BCUT2D eigenvalue weighted by Gasteiger charge is 2.33. The number of sulfonamides is 1. The van der Waals surface area contributed by atoms with Crippen LogP contribution in [0.2, 0.25) is 0 Å². The fourth-order valence-corrected chi connectivity index (χ4v) is 4.64. The van der Waals surface area contributed by atoms with Crippen LogP contribution in [0.15, 0.2) is 42.5 Å². The number of hydrogen-bond acceptors (Lipinski definition) is 7. The number of fused-ring (bicyclic) bond motifs is 1. The van der Waals surface area contributed by atoms with Crippen LogP contribution in [-0.2, 0) is 26.0 Å². The zero-order valence-corrected chi connectivity index (χ0v) is 17.0. The maximum Gasteiger partial charge on any atom is 0.338 e. The van der Waals surface area contributed by atoms with Gasteiger partial charge in [-0.05, 0) is 43.2 Å². The summed E-state index contributed by atoms with van der Waals surface area (Å²) in [7, 11) is -3.44. The summed E-state index contributed by atoms with van der Waals surface area (Å²) in [6, 6.07) is 9.84. The van der Waals surface area contributed by atoms with Crippen LogP contribution in [0.3, 0.4) is 0 Å². The van der Waals surface area contributed by atoms with E-state index >= 15 is 0 Å². The van der Waals surface area contributed by atoms with Crippen LogP contribution in [0.4, 0.5) is 17.1 Å². The molecule has 2 aromatic carbocycles. The van der Waals surface area contributed by atoms with Crippen molar-refractivity contribution in [1.82, 2.24) is 0 Å². The van der Waals surface area contributed by atoms with E-state index in [1.165, 1.54) is 40.7 Å². The van der Waals surface area contributed by atoms with Gasteiger partial charge in [0.2, 0.25) is 10.0 Å². The molecule has 1 heterocycles. The van der Waals surface area contributed by atoms with Gasteiger partial charge >= 0.3 is 5.97 Å². The Balaban J connectivity index is 1.66. The highest BCUT2D eigenvalue weighted by atomic mass is 32.2. The molecule has 0 saturated carbocycles. The first kappa shape index (κ1) is 21.2. The Morgan fingerprint density at radius 1 is 1.27 bits per heavy atom. The first-order valence-corrected chi connectivity index (χ1v) is 10.8. The van der Waals surface area contributed by atoms with Crippen molar-refractivity contribution in [3.63, 3.8) is 0 Å². The molecule has 1 unspecified atom stereocenters. The summed E-state index contributed by atoms with van der Waals surface area (Å²) in [5.41, 5.74) is 1.09. The lowest BCUT2D eigenvalue weighted by atomic mass is 10.1. The van der Waals surface area contributed by atoms with Crippen molar-refractivity contribution in [1.29, 1.82) is 0 Å². The van der Waals surface area contributed by atoms with E-state index in [0.29, 0.717) is 17.7 Å². The molecule has 0 fully saturated rings. The minimum atomic E-state index is -3.44. The van der Waals surface area contributed by atoms with E-state index in [2.05, 4.69) is 5.32 Å². The summed E-state index contributed by atoms with van der Waals surface area (Å²) in [6.07, 6.45) is 1.57. The summed E-state index contributed by atoms with van der Waals surface area (Å²) in [5.74, 6) is -1.49. The lowest BCUT2D eigenvalue weighted by Gasteiger charge is -2.21. The number of nitrogens with one attached hydrogen (secondary N) is 1. The predicted octanol–water partition coefficient (Wildman–Crippen LogP) is 2.10. The standard InChI is InChI=1S/C19H19N3O7S/c1-12-9-14-10-13(7-8-16(14)21(12)30(2,27)28)19(24)29-11-18(23)20-15-5-3-4-6-17(15)22(25)26/h3-8,10,12H,9,11H2,1-2H3,(H,20,23). The number of benzene rings is 2. The Labute approximate surface area is 172 Å². The minimum absolute atomic E-state index is 0.00377. The second-order valence-corrected chi connectivity index (χ2v) is 8.71. The predicted molar refractivity (Wildman–Crippen MR) is 109 cm³/mol. The van der Waals surface area contributed by atoms with Gasteiger partial charge in [0, 0.05) is 12.1 Å². The molecule has 1 amide bonds. The molecule has 1 N–H and O–H groups in total. The van der Waals surface area contributed by atoms with Crippen LogP contribution >= 0.6 is 0 Å². The molecule has 11 heteroatoms. The van der Waals surface area contributed by atoms with E-state index in [9.17, 15) is 28.1 Å². The third kappa shape index (κ3) is 4.40. The van der Waals surface area contributed by atoms with Crippen molar-refractivity contribution in [2.45, 2.75) is 19.4 Å². The largest absolute Gasteiger partial charge is 0.452 e. The molecule has 0 radical (unpaired) electrons. The number of esters is 1. The number of anilines is 2. The van der Waals surface area contributed by atoms with Crippen molar-refractivity contribution in [2.75, 3.05) is 22.5 Å². The number of carbonyl (C=O) groups excluding carboxylic acids is 2. The molecule has 0 aromatic heterocycles. The number of nitro benzene ring substituents is 1. The van der Waals surface area contributed by atoms with Gasteiger partial charge in [-0.1, -0.05) is 12.1 Å². The van der Waals surface area contributed by atoms with E-state index in [1.807, 2.05) is 0 Å². The van der Waals surface area contributed by atoms with Gasteiger partial charge < -0.3 is 10.1 Å². The molecular weight excluding hydrogens is 414 g/mol. The van der Waals surface area contributed by atoms with E-state index in [0.717, 1.165) is 6.26 Å². The number of nitro groups is 1. The molecule has 1 aliphatic heterocycles. The van der Waals surface area contributed by atoms with Crippen molar-refractivity contribution >= 4 is 39.0 Å². The van der Waals surface area contributed by atoms with Gasteiger partial charge in [-0.3, -0.25) is 19.2 Å². The molecule has 1 aliphatic rings. The normalized spacial score (nSPS) is 15.4. The minimum Gasteiger partial charge on any atom is -0.452 e. The highest BCUT2D eigenvalue weighted by Crippen LogP contribution is 2.34. The van der Waals surface area contributed by atoms with Crippen molar-refractivity contribution < 1.29 is 27.7 Å². The van der Waals surface area contributed by atoms with Crippen LogP contribution in [0.1, 0.15) is 22.8 Å². The number of nitrogens with zero attached hydrogens (tertiary/aromatic N) is 2. The van der Waals surface area contributed by atoms with E-state index in [-0.39, 0.29) is 23.0 Å². The quantitative estimate of drug-likeness (QED) is 0.418. The second kappa shape index (κ2) is 8.11. The van der Waals surface area contributed by atoms with Gasteiger partial charge in [0.15, 0.2) is 6.61 Å². The zero-order chi connectivity index (χ0) is 22.1. The third-order valence-electron chi connectivity index (χ3n) is 4.53. The van der Waals surface area contributed by atoms with Gasteiger partial charge in [-0.25, -0.2) is 13.2 Å². The SMILES string of the molecule is CC1Cc2cc(C(=O)OCC(=O)Nc3ccccc3[N+](=O)[O-])ccc2N1S(C)(=O)=O. The molecular formula is C19H19N3O7S. The van der Waals surface area contributed by atoms with Gasteiger partial charge in [0.25, 0.3) is 11.6 Å². The molecule has 10 nitrogen and oxygen atoms in total. The molecule has 0 bridgehead atoms. The fourth-order valence-electron chi connectivity index (χ4n) is 3.37. The molecule has 2 aromatic rings. The Morgan fingerprint density at radius 3 is 2.63 bits per heavy atom. The van der Waals surface area contributed by atoms with Gasteiger partial charge in [-0.15, -0.1) is 0 Å². The number of ether oxygens (including phenoxy) is 1. The summed E-state index contributed by atoms with van der Waals surface area (Å²) in [5, 5.41) is 13.3. The highest BCUT2D eigenvalue weighted by molar-refractivity contribution is 7.92. The molecule has 158 valence electrons. The van der Waals surface area contributed by atoms with Gasteiger partial charge in [-0.2, -0.15) is 0 Å². The van der Waals surface area contributed by atoms with Crippen molar-refractivity contribution in [3.05, 3.63) is 63.7 Å². The fraction of sp³-hybridized carbons (Fsp3) is 0.263. The summed E-state index contributed by atoms with van der Waals surface area (Å²) in [4.78, 5) is 34.7. The van der Waals surface area contributed by atoms with Gasteiger partial charge in [0.05, 0.1) is 22.4 Å². The third-order valence-corrected chi connectivity index (χ3v) is 5.81. The van der Waals surface area contributed by atoms with Crippen LogP contribution < -0.4 is 9.62 Å². The van der Waals surface area contributed by atoms with Crippen LogP contribution in [0, 0.1) is 10.1 Å². The molecule has 0 spiro atoms. The molecule has 3 rings (SSSR count). The Bertz CT molecular complexity index is 1130. The first-order valence-electron chi connectivity index (χ1n) is 8.90. The van der Waals surface area contributed by atoms with E-state index < -0.39 is 33.4 Å². The van der Waals surface area contributed by atoms with Crippen molar-refractivity contribution in [3.8, 4) is 0 Å². The average Bonchev–Trinajstić information content (AvgIpc) is 3.01. The smallest absolute Gasteiger partial charge is 0.338 e. The molecule has 0 saturated heterocycles. The summed E-state index contributed by atoms with van der Waals surface area (Å²) in [6.45, 7) is 1.14. The Morgan fingerprint density at radius 2 is 1.97 bits per heavy atom. The number of amides is 1. The topological polar surface area (TPSA) is 136 Å². The van der Waals surface area contributed by atoms with Crippen LogP contribution in [0.25, 0.3) is 0 Å². The molecule has 1 atom stereocenters. The zero-order valence-electron chi connectivity index (χ0n) is 16.2. The van der Waals surface area contributed by atoms with Crippen molar-refractivity contribution in [2.24, 2.45) is 0 Å². The number of hydrogen-bond donors (Lipinski definition) is 1. The second-order valence-electron chi connectivity index (χ2n) is 6.85. The maximum atomic E-state index is 12.3. The number of carbonyl (C=O) groups is 2. The lowest BCUT2D eigenvalue weighted by molar-refractivity contribution is -0.383. The number of para-hydroxylation sites is 2. The maximum absolute atomic E-state index is 12.3. The monoisotopic (exact) mass is 433 g/mol. The molecule has 30 heavy (non-hydrogen) atoms. The Hall–Kier alpha value is -3.47. The van der Waals surface area contributed by atoms with Crippen LogP contribution in [-0.4, -0.2) is 44.1 Å². The number of rotatable bonds is 6. The van der Waals surface area contributed by atoms with Crippen LogP contribution in [0.5, 0.6) is 0 Å². The van der Waals surface area contributed by atoms with Gasteiger partial charge in [0.1, 0.15) is 5.69 Å². The van der Waals surface area contributed by atoms with E-state index in [4.69, 9.17) is 4.74 Å². The Kier molecular flexibility index (Phi) is 5.74. The lowest BCUT2D eigenvalue weighted by Crippen LogP contribution is -2.34. The first-order chi connectivity index (χ1) is 14.1. The average molecular weight is 433 g/mol.